The van der Waals surface area contributed by atoms with Crippen LogP contribution < -0.4 is 9.64 Å². The average Bonchev–Trinajstić information content (AvgIpc) is 3.42. The van der Waals surface area contributed by atoms with Gasteiger partial charge in [0.25, 0.3) is 0 Å². The third-order valence-electron chi connectivity index (χ3n) is 7.67. The summed E-state index contributed by atoms with van der Waals surface area (Å²) in [6, 6.07) is 8.66. The van der Waals surface area contributed by atoms with Crippen LogP contribution in [0, 0.1) is 23.2 Å². The third kappa shape index (κ3) is 3.91. The number of carbonyl (C=O) groups excluding carboxylic acids is 2. The van der Waals surface area contributed by atoms with E-state index in [1.54, 1.807) is 6.92 Å². The topological polar surface area (TPSA) is 79.6 Å². The molecule has 0 aliphatic carbocycles. The molecule has 3 aliphatic rings. The summed E-state index contributed by atoms with van der Waals surface area (Å²) in [6.45, 7) is 1.57. The molecule has 5 rings (SSSR count). The van der Waals surface area contributed by atoms with Gasteiger partial charge in [-0.25, -0.2) is 4.90 Å². The van der Waals surface area contributed by atoms with Crippen molar-refractivity contribution in [2.75, 3.05) is 11.5 Å². The molecule has 200 valence electrons. The van der Waals surface area contributed by atoms with E-state index in [1.165, 1.54) is 12.1 Å². The molecular formula is C26H20F6N2O4. The zero-order valence-electron chi connectivity index (χ0n) is 19.8. The standard InChI is InChI=1S/C26H20F6N2O4/c1-23-9-10-24(38-23,11-12-37-16-7-5-15(6-8-16)25(27,28)29)20-19(23)21(35)34(22(20)36)17-4-2-3-14(13-33)18(17)26(30,31)32/h2-8,19-20H,9-12H2,1H3. The van der Waals surface area contributed by atoms with Crippen LogP contribution in [0.3, 0.4) is 0 Å². The number of halogens is 6. The van der Waals surface area contributed by atoms with Crippen molar-refractivity contribution < 1.29 is 45.4 Å². The Bertz CT molecular complexity index is 1350. The van der Waals surface area contributed by atoms with Crippen LogP contribution in [0.15, 0.2) is 42.5 Å². The number of benzene rings is 2. The van der Waals surface area contributed by atoms with E-state index in [0.29, 0.717) is 17.7 Å². The van der Waals surface area contributed by atoms with E-state index in [9.17, 15) is 41.2 Å². The lowest BCUT2D eigenvalue weighted by Crippen LogP contribution is -2.43. The van der Waals surface area contributed by atoms with Gasteiger partial charge >= 0.3 is 12.4 Å². The Morgan fingerprint density at radius 1 is 1.00 bits per heavy atom. The van der Waals surface area contributed by atoms with Crippen molar-refractivity contribution in [2.24, 2.45) is 11.8 Å². The van der Waals surface area contributed by atoms with Crippen LogP contribution in [0.25, 0.3) is 0 Å². The highest BCUT2D eigenvalue weighted by Gasteiger charge is 2.74. The molecule has 2 aromatic carbocycles. The second-order valence-electron chi connectivity index (χ2n) is 9.88. The number of nitriles is 1. The van der Waals surface area contributed by atoms with E-state index in [1.807, 2.05) is 0 Å². The summed E-state index contributed by atoms with van der Waals surface area (Å²) in [5, 5.41) is 9.24. The number of rotatable bonds is 5. The van der Waals surface area contributed by atoms with Crippen molar-refractivity contribution in [3.8, 4) is 11.8 Å². The summed E-state index contributed by atoms with van der Waals surface area (Å²) in [7, 11) is 0. The Labute approximate surface area is 212 Å². The lowest BCUT2D eigenvalue weighted by molar-refractivity contribution is -0.138. The first-order valence-electron chi connectivity index (χ1n) is 11.7. The van der Waals surface area contributed by atoms with Crippen LogP contribution in [-0.2, 0) is 26.7 Å². The first-order chi connectivity index (χ1) is 17.7. The number of nitrogens with zero attached hydrogens (tertiary/aromatic N) is 2. The minimum Gasteiger partial charge on any atom is -0.493 e. The van der Waals surface area contributed by atoms with Crippen molar-refractivity contribution in [2.45, 2.75) is 49.7 Å². The summed E-state index contributed by atoms with van der Waals surface area (Å²) in [4.78, 5) is 27.6. The quantitative estimate of drug-likeness (QED) is 0.372. The molecule has 0 radical (unpaired) electrons. The number of ether oxygens (including phenoxy) is 2. The fourth-order valence-electron chi connectivity index (χ4n) is 6.05. The number of imide groups is 1. The molecule has 2 aromatic rings. The molecule has 3 fully saturated rings. The zero-order chi connectivity index (χ0) is 27.7. The largest absolute Gasteiger partial charge is 0.493 e. The molecule has 2 bridgehead atoms. The van der Waals surface area contributed by atoms with Gasteiger partial charge in [-0.2, -0.15) is 31.6 Å². The minimum atomic E-state index is -4.99. The molecule has 3 saturated heterocycles. The second-order valence-corrected chi connectivity index (χ2v) is 9.88. The van der Waals surface area contributed by atoms with Gasteiger partial charge in [0.15, 0.2) is 0 Å². The third-order valence-corrected chi connectivity index (χ3v) is 7.67. The molecule has 6 nitrogen and oxygen atoms in total. The molecule has 3 aliphatic heterocycles. The smallest absolute Gasteiger partial charge is 0.419 e. The maximum atomic E-state index is 13.9. The highest BCUT2D eigenvalue weighted by Crippen LogP contribution is 2.62. The van der Waals surface area contributed by atoms with Gasteiger partial charge in [0.1, 0.15) is 5.75 Å². The van der Waals surface area contributed by atoms with Crippen LogP contribution in [0.1, 0.15) is 42.9 Å². The molecule has 0 aromatic heterocycles. The van der Waals surface area contributed by atoms with Gasteiger partial charge < -0.3 is 9.47 Å². The lowest BCUT2D eigenvalue weighted by Gasteiger charge is -2.31. The van der Waals surface area contributed by atoms with Crippen LogP contribution in [0.5, 0.6) is 5.75 Å². The maximum absolute atomic E-state index is 13.9. The Hall–Kier alpha value is -3.59. The summed E-state index contributed by atoms with van der Waals surface area (Å²) < 4.78 is 92.0. The van der Waals surface area contributed by atoms with Crippen molar-refractivity contribution in [3.05, 3.63) is 59.2 Å². The van der Waals surface area contributed by atoms with E-state index in [0.717, 1.165) is 36.4 Å². The number of carbonyl (C=O) groups is 2. The number of fused-ring (bicyclic) bond motifs is 5. The normalized spacial score (nSPS) is 28.5. The van der Waals surface area contributed by atoms with Gasteiger partial charge in [-0.15, -0.1) is 0 Å². The van der Waals surface area contributed by atoms with Crippen LogP contribution >= 0.6 is 0 Å². The fraction of sp³-hybridized carbons (Fsp3) is 0.423. The van der Waals surface area contributed by atoms with E-state index in [-0.39, 0.29) is 18.8 Å². The molecule has 3 heterocycles. The van der Waals surface area contributed by atoms with Crippen molar-refractivity contribution in [1.82, 2.24) is 0 Å². The number of alkyl halides is 6. The van der Waals surface area contributed by atoms with Crippen LogP contribution in [0.2, 0.25) is 0 Å². The van der Waals surface area contributed by atoms with Crippen molar-refractivity contribution >= 4 is 17.5 Å². The average molecular weight is 538 g/mol. The van der Waals surface area contributed by atoms with E-state index in [2.05, 4.69) is 0 Å². The highest BCUT2D eigenvalue weighted by atomic mass is 19.4. The number of hydrogen-bond acceptors (Lipinski definition) is 5. The van der Waals surface area contributed by atoms with Gasteiger partial charge in [0, 0.05) is 6.42 Å². The second kappa shape index (κ2) is 8.46. The van der Waals surface area contributed by atoms with E-state index < -0.39 is 69.6 Å². The fourth-order valence-corrected chi connectivity index (χ4v) is 6.05. The van der Waals surface area contributed by atoms with Crippen LogP contribution in [0.4, 0.5) is 32.0 Å². The molecule has 2 amide bonds. The van der Waals surface area contributed by atoms with Gasteiger partial charge in [-0.3, -0.25) is 9.59 Å². The number of hydrogen-bond donors (Lipinski definition) is 0. The van der Waals surface area contributed by atoms with Crippen molar-refractivity contribution in [3.63, 3.8) is 0 Å². The Kier molecular flexibility index (Phi) is 5.80. The molecule has 12 heteroatoms. The number of amides is 2. The first kappa shape index (κ1) is 26.0. The van der Waals surface area contributed by atoms with E-state index in [4.69, 9.17) is 9.47 Å². The lowest BCUT2D eigenvalue weighted by atomic mass is 9.67. The van der Waals surface area contributed by atoms with E-state index >= 15 is 0 Å². The van der Waals surface area contributed by atoms with Gasteiger partial charge in [-0.05, 0) is 56.2 Å². The highest BCUT2D eigenvalue weighted by molar-refractivity contribution is 6.23. The summed E-state index contributed by atoms with van der Waals surface area (Å²) in [5.41, 5.74) is -5.89. The maximum Gasteiger partial charge on any atom is 0.419 e. The molecule has 0 spiro atoms. The number of anilines is 1. The Balaban J connectivity index is 1.42. The Morgan fingerprint density at radius 2 is 1.66 bits per heavy atom. The van der Waals surface area contributed by atoms with Gasteiger partial charge in [-0.1, -0.05) is 6.07 Å². The molecule has 0 N–H and O–H groups in total. The minimum absolute atomic E-state index is 0.0656. The first-order valence-corrected chi connectivity index (χ1v) is 11.7. The van der Waals surface area contributed by atoms with Crippen LogP contribution in [-0.4, -0.2) is 29.6 Å². The molecule has 38 heavy (non-hydrogen) atoms. The zero-order valence-corrected chi connectivity index (χ0v) is 19.8. The predicted molar refractivity (Wildman–Crippen MR) is 119 cm³/mol. The molecule has 0 saturated carbocycles. The monoisotopic (exact) mass is 538 g/mol. The Morgan fingerprint density at radius 3 is 2.26 bits per heavy atom. The van der Waals surface area contributed by atoms with Gasteiger partial charge in [0.05, 0.1) is 58.1 Å². The predicted octanol–water partition coefficient (Wildman–Crippen LogP) is 5.49. The SMILES string of the molecule is CC12CCC(CCOc3ccc(C(F)(F)F)cc3)(O1)C1C(=O)N(c3cccc(C#N)c3C(F)(F)F)C(=O)C12. The molecular weight excluding hydrogens is 518 g/mol. The van der Waals surface area contributed by atoms with Gasteiger partial charge in [0.2, 0.25) is 11.8 Å². The summed E-state index contributed by atoms with van der Waals surface area (Å²) in [6.07, 6.45) is -8.68. The summed E-state index contributed by atoms with van der Waals surface area (Å²) in [5.74, 6) is -3.62. The molecule has 4 atom stereocenters. The van der Waals surface area contributed by atoms with Crippen molar-refractivity contribution in [1.29, 1.82) is 5.26 Å². The molecule has 4 unspecified atom stereocenters. The summed E-state index contributed by atoms with van der Waals surface area (Å²) >= 11 is 0.